The van der Waals surface area contributed by atoms with E-state index in [1.807, 2.05) is 29.0 Å². The molecule has 3 aromatic heterocycles. The number of piperidine rings is 1. The number of hydrogen-bond donors (Lipinski definition) is 2. The summed E-state index contributed by atoms with van der Waals surface area (Å²) in [4.78, 5) is 16.0. The number of rotatable bonds is 5. The number of halogens is 1. The molecule has 1 aliphatic heterocycles. The van der Waals surface area contributed by atoms with Crippen molar-refractivity contribution in [2.45, 2.75) is 43.9 Å². The summed E-state index contributed by atoms with van der Waals surface area (Å²) in [6, 6.07) is 10.0. The van der Waals surface area contributed by atoms with Crippen LogP contribution in [0.5, 0.6) is 0 Å². The first-order valence-corrected chi connectivity index (χ1v) is 13.8. The highest BCUT2D eigenvalue weighted by Crippen LogP contribution is 2.44. The van der Waals surface area contributed by atoms with Crippen LogP contribution in [0.15, 0.2) is 48.1 Å². The van der Waals surface area contributed by atoms with Crippen molar-refractivity contribution < 1.29 is 10.2 Å². The second-order valence-corrected chi connectivity index (χ2v) is 11.4. The van der Waals surface area contributed by atoms with Crippen LogP contribution in [0.2, 0.25) is 5.28 Å². The van der Waals surface area contributed by atoms with Gasteiger partial charge in [0, 0.05) is 41.7 Å². The predicted molar refractivity (Wildman–Crippen MR) is 142 cm³/mol. The summed E-state index contributed by atoms with van der Waals surface area (Å²) in [5.41, 5.74) is 3.82. The monoisotopic (exact) mass is 523 g/mol. The molecule has 0 radical (unpaired) electrons. The molecule has 1 unspecified atom stereocenters. The lowest BCUT2D eigenvalue weighted by Crippen LogP contribution is -2.39. The van der Waals surface area contributed by atoms with Gasteiger partial charge in [0.05, 0.1) is 17.8 Å². The molecule has 1 saturated heterocycles. The van der Waals surface area contributed by atoms with Gasteiger partial charge in [0.25, 0.3) is 0 Å². The van der Waals surface area contributed by atoms with Crippen molar-refractivity contribution in [3.8, 4) is 10.6 Å². The van der Waals surface area contributed by atoms with E-state index in [4.69, 9.17) is 16.6 Å². The summed E-state index contributed by atoms with van der Waals surface area (Å²) in [7, 11) is 2.13. The molecule has 5 atom stereocenters. The molecule has 2 fully saturated rings. The third kappa shape index (κ3) is 4.46. The van der Waals surface area contributed by atoms with Crippen LogP contribution in [0.1, 0.15) is 36.6 Å². The molecule has 1 aliphatic carbocycles. The van der Waals surface area contributed by atoms with E-state index in [2.05, 4.69) is 39.4 Å². The Kier molecular flexibility index (Phi) is 6.56. The SMILES string of the molecule is CN1CCCC([C@H]2C[C@@H](n3cc(-c4nc(Cc5ccccc5)cs4)c4cnc(Cl)nc43)[C@H](O)[C@@H]2O)C1. The molecule has 1 aromatic carbocycles. The summed E-state index contributed by atoms with van der Waals surface area (Å²) in [5, 5.41) is 26.2. The molecule has 0 spiro atoms. The smallest absolute Gasteiger partial charge is 0.224 e. The Balaban J connectivity index is 1.34. The van der Waals surface area contributed by atoms with E-state index >= 15 is 0 Å². The first kappa shape index (κ1) is 24.0. The highest BCUT2D eigenvalue weighted by atomic mass is 35.5. The van der Waals surface area contributed by atoms with Gasteiger partial charge in [0.1, 0.15) is 16.8 Å². The number of benzene rings is 1. The highest BCUT2D eigenvalue weighted by Gasteiger charge is 2.46. The van der Waals surface area contributed by atoms with E-state index < -0.39 is 12.2 Å². The van der Waals surface area contributed by atoms with Gasteiger partial charge in [-0.2, -0.15) is 4.98 Å². The van der Waals surface area contributed by atoms with Crippen molar-refractivity contribution in [2.24, 2.45) is 11.8 Å². The Morgan fingerprint density at radius 1 is 1.14 bits per heavy atom. The second-order valence-electron chi connectivity index (χ2n) is 10.2. The standard InChI is InChI=1S/C27H30ClN5O2S/c1-32-9-5-8-17(13-32)19-11-22(24(35)23(19)34)33-14-21(20-12-29-27(28)31-25(20)33)26-30-18(15-36-26)10-16-6-3-2-4-7-16/h2-4,6-7,12,14-15,17,19,22-24,34-35H,5,8-11,13H2,1H3/t17?,19-,22-,23-,24+/m1/s1. The van der Waals surface area contributed by atoms with Crippen LogP contribution in [0.4, 0.5) is 0 Å². The first-order valence-electron chi connectivity index (χ1n) is 12.5. The average Bonchev–Trinajstić information content (AvgIpc) is 3.56. The molecule has 4 heterocycles. The third-order valence-electron chi connectivity index (χ3n) is 7.87. The zero-order valence-electron chi connectivity index (χ0n) is 20.2. The van der Waals surface area contributed by atoms with Crippen LogP contribution in [0.3, 0.4) is 0 Å². The molecule has 2 aliphatic rings. The maximum atomic E-state index is 11.2. The minimum Gasteiger partial charge on any atom is -0.390 e. The summed E-state index contributed by atoms with van der Waals surface area (Å²) < 4.78 is 2.00. The normalized spacial score (nSPS) is 27.2. The second kappa shape index (κ2) is 9.84. The van der Waals surface area contributed by atoms with E-state index in [0.717, 1.165) is 54.0 Å². The van der Waals surface area contributed by atoms with Gasteiger partial charge >= 0.3 is 0 Å². The number of fused-ring (bicyclic) bond motifs is 1. The zero-order chi connectivity index (χ0) is 24.8. The van der Waals surface area contributed by atoms with Crippen LogP contribution in [0, 0.1) is 11.8 Å². The summed E-state index contributed by atoms with van der Waals surface area (Å²) in [6.45, 7) is 2.04. The van der Waals surface area contributed by atoms with E-state index in [-0.39, 0.29) is 17.2 Å². The molecule has 36 heavy (non-hydrogen) atoms. The first-order chi connectivity index (χ1) is 17.5. The van der Waals surface area contributed by atoms with Crippen molar-refractivity contribution in [1.29, 1.82) is 0 Å². The number of aliphatic hydroxyl groups is 2. The Morgan fingerprint density at radius 2 is 1.97 bits per heavy atom. The summed E-state index contributed by atoms with van der Waals surface area (Å²) in [5.74, 6) is 0.417. The molecule has 4 aromatic rings. The van der Waals surface area contributed by atoms with Crippen molar-refractivity contribution in [3.63, 3.8) is 0 Å². The quantitative estimate of drug-likeness (QED) is 0.376. The van der Waals surface area contributed by atoms with Crippen molar-refractivity contribution >= 4 is 34.0 Å². The Labute approximate surface area is 219 Å². The van der Waals surface area contributed by atoms with Crippen LogP contribution in [-0.2, 0) is 6.42 Å². The van der Waals surface area contributed by atoms with Crippen LogP contribution >= 0.6 is 22.9 Å². The van der Waals surface area contributed by atoms with Crippen molar-refractivity contribution in [1.82, 2.24) is 24.4 Å². The van der Waals surface area contributed by atoms with Crippen LogP contribution in [0.25, 0.3) is 21.6 Å². The fraction of sp³-hybridized carbons (Fsp3) is 0.444. The number of aromatic nitrogens is 4. The van der Waals surface area contributed by atoms with Gasteiger partial charge in [-0.3, -0.25) is 0 Å². The summed E-state index contributed by atoms with van der Waals surface area (Å²) >= 11 is 7.80. The van der Waals surface area contributed by atoms with Gasteiger partial charge in [-0.25, -0.2) is 9.97 Å². The lowest BCUT2D eigenvalue weighted by atomic mass is 9.83. The molecular formula is C27H30ClN5O2S. The van der Waals surface area contributed by atoms with E-state index in [1.165, 1.54) is 5.56 Å². The number of aliphatic hydroxyl groups excluding tert-OH is 2. The van der Waals surface area contributed by atoms with Crippen molar-refractivity contribution in [2.75, 3.05) is 20.1 Å². The Morgan fingerprint density at radius 3 is 2.78 bits per heavy atom. The average molecular weight is 524 g/mol. The lowest BCUT2D eigenvalue weighted by molar-refractivity contribution is -0.0125. The molecule has 1 saturated carbocycles. The van der Waals surface area contributed by atoms with Crippen LogP contribution in [-0.4, -0.2) is 67.0 Å². The van der Waals surface area contributed by atoms with Gasteiger partial charge < -0.3 is 19.7 Å². The molecule has 0 amide bonds. The maximum absolute atomic E-state index is 11.2. The molecule has 6 rings (SSSR count). The van der Waals surface area contributed by atoms with E-state index in [0.29, 0.717) is 18.0 Å². The van der Waals surface area contributed by atoms with Gasteiger partial charge in [-0.15, -0.1) is 11.3 Å². The molecular weight excluding hydrogens is 494 g/mol. The molecule has 7 nitrogen and oxygen atoms in total. The lowest BCUT2D eigenvalue weighted by Gasteiger charge is -2.34. The van der Waals surface area contributed by atoms with Crippen LogP contribution < -0.4 is 0 Å². The molecule has 0 bridgehead atoms. The minimum atomic E-state index is -0.871. The number of likely N-dealkylation sites (tertiary alicyclic amines) is 1. The maximum Gasteiger partial charge on any atom is 0.224 e. The van der Waals surface area contributed by atoms with Gasteiger partial charge in [-0.1, -0.05) is 30.3 Å². The van der Waals surface area contributed by atoms with Crippen molar-refractivity contribution in [3.05, 3.63) is 64.6 Å². The van der Waals surface area contributed by atoms with E-state index in [1.54, 1.807) is 17.5 Å². The fourth-order valence-electron chi connectivity index (χ4n) is 6.09. The Bertz CT molecular complexity index is 1360. The number of thiazole rings is 1. The fourth-order valence-corrected chi connectivity index (χ4v) is 7.06. The summed E-state index contributed by atoms with van der Waals surface area (Å²) in [6.07, 6.45) is 5.79. The van der Waals surface area contributed by atoms with Gasteiger partial charge in [0.15, 0.2) is 0 Å². The van der Waals surface area contributed by atoms with Gasteiger partial charge in [0.2, 0.25) is 5.28 Å². The molecule has 188 valence electrons. The minimum absolute atomic E-state index is 0.0447. The Hall–Kier alpha value is -2.36. The highest BCUT2D eigenvalue weighted by molar-refractivity contribution is 7.13. The number of hydrogen-bond acceptors (Lipinski definition) is 7. The topological polar surface area (TPSA) is 87.3 Å². The third-order valence-corrected chi connectivity index (χ3v) is 8.98. The van der Waals surface area contributed by atoms with Gasteiger partial charge in [-0.05, 0) is 61.9 Å². The molecule has 2 N–H and O–H groups in total. The molecule has 9 heteroatoms. The largest absolute Gasteiger partial charge is 0.390 e. The van der Waals surface area contributed by atoms with E-state index in [9.17, 15) is 10.2 Å². The number of nitrogens with zero attached hydrogens (tertiary/aromatic N) is 5. The zero-order valence-corrected chi connectivity index (χ0v) is 21.7. The predicted octanol–water partition coefficient (Wildman–Crippen LogP) is 4.42.